The Bertz CT molecular complexity index is 505. The molecule has 1 unspecified atom stereocenters. The van der Waals surface area contributed by atoms with Gasteiger partial charge in [-0.2, -0.15) is 5.26 Å². The Morgan fingerprint density at radius 1 is 1.45 bits per heavy atom. The highest BCUT2D eigenvalue weighted by Crippen LogP contribution is 2.17. The number of nitriles is 1. The number of hydrogen-bond donors (Lipinski definition) is 1. The van der Waals surface area contributed by atoms with Crippen molar-refractivity contribution in [3.05, 3.63) is 29.3 Å². The Labute approximate surface area is 121 Å². The Kier molecular flexibility index (Phi) is 6.05. The fraction of sp³-hybridized carbons (Fsp3) is 0.500. The molecule has 1 amide bonds. The molecule has 4 nitrogen and oxygen atoms in total. The van der Waals surface area contributed by atoms with Gasteiger partial charge in [-0.25, -0.2) is 0 Å². The molecule has 1 aromatic rings. The maximum absolute atomic E-state index is 12.1. The summed E-state index contributed by atoms with van der Waals surface area (Å²) >= 11 is 0. The number of likely N-dealkylation sites (N-methyl/N-ethyl adjacent to an activating group) is 1. The number of carbonyl (C=O) groups is 1. The lowest BCUT2D eigenvalue weighted by atomic mass is 10.1. The van der Waals surface area contributed by atoms with Crippen LogP contribution in [0.1, 0.15) is 25.0 Å². The van der Waals surface area contributed by atoms with Crippen molar-refractivity contribution in [3.8, 4) is 6.07 Å². The quantitative estimate of drug-likeness (QED) is 0.867. The highest BCUT2D eigenvalue weighted by atomic mass is 16.2. The molecule has 0 aliphatic heterocycles. The zero-order valence-corrected chi connectivity index (χ0v) is 12.7. The number of nitrogens with one attached hydrogen (secondary N) is 1. The predicted molar refractivity (Wildman–Crippen MR) is 81.4 cm³/mol. The van der Waals surface area contributed by atoms with Crippen LogP contribution in [-0.2, 0) is 4.79 Å². The number of carbonyl (C=O) groups excluding carboxylic acids is 1. The van der Waals surface area contributed by atoms with E-state index in [9.17, 15) is 4.79 Å². The van der Waals surface area contributed by atoms with Crippen molar-refractivity contribution in [1.29, 1.82) is 5.26 Å². The van der Waals surface area contributed by atoms with Crippen molar-refractivity contribution in [3.63, 3.8) is 0 Å². The fourth-order valence-corrected chi connectivity index (χ4v) is 2.00. The fourth-order valence-electron chi connectivity index (χ4n) is 2.00. The summed E-state index contributed by atoms with van der Waals surface area (Å²) in [4.78, 5) is 13.9. The maximum Gasteiger partial charge on any atom is 0.241 e. The van der Waals surface area contributed by atoms with Gasteiger partial charge < -0.3 is 10.2 Å². The molecule has 0 fully saturated rings. The van der Waals surface area contributed by atoms with Gasteiger partial charge in [-0.1, -0.05) is 12.1 Å². The van der Waals surface area contributed by atoms with Crippen molar-refractivity contribution in [2.75, 3.05) is 25.0 Å². The van der Waals surface area contributed by atoms with E-state index < -0.39 is 0 Å². The van der Waals surface area contributed by atoms with Crippen LogP contribution in [0.5, 0.6) is 0 Å². The van der Waals surface area contributed by atoms with Gasteiger partial charge in [-0.3, -0.25) is 4.79 Å². The minimum atomic E-state index is -0.139. The molecular formula is C16H23N3O. The number of hydrogen-bond acceptors (Lipinski definition) is 3. The van der Waals surface area contributed by atoms with E-state index in [2.05, 4.69) is 24.4 Å². The van der Waals surface area contributed by atoms with Crippen LogP contribution >= 0.6 is 0 Å². The SMILES string of the molecule is CCN(CC(C)C#N)C(=O)CNc1cccc(C)c1C. The van der Waals surface area contributed by atoms with Gasteiger partial charge in [-0.05, 0) is 44.9 Å². The van der Waals surface area contributed by atoms with Crippen molar-refractivity contribution in [2.24, 2.45) is 5.92 Å². The van der Waals surface area contributed by atoms with Crippen molar-refractivity contribution < 1.29 is 4.79 Å². The predicted octanol–water partition coefficient (Wildman–Crippen LogP) is 2.72. The van der Waals surface area contributed by atoms with E-state index in [1.807, 2.05) is 32.9 Å². The average Bonchev–Trinajstić information content (AvgIpc) is 2.45. The summed E-state index contributed by atoms with van der Waals surface area (Å²) < 4.78 is 0. The van der Waals surface area contributed by atoms with Crippen LogP contribution in [0, 0.1) is 31.1 Å². The van der Waals surface area contributed by atoms with Crippen LogP contribution in [0.4, 0.5) is 5.69 Å². The van der Waals surface area contributed by atoms with E-state index in [1.165, 1.54) is 5.56 Å². The molecule has 0 bridgehead atoms. The summed E-state index contributed by atoms with van der Waals surface area (Å²) in [6.07, 6.45) is 0. The molecule has 1 atom stereocenters. The monoisotopic (exact) mass is 273 g/mol. The molecule has 0 heterocycles. The lowest BCUT2D eigenvalue weighted by molar-refractivity contribution is -0.129. The number of aryl methyl sites for hydroxylation is 1. The highest BCUT2D eigenvalue weighted by Gasteiger charge is 2.14. The lowest BCUT2D eigenvalue weighted by Gasteiger charge is -2.22. The first kappa shape index (κ1) is 16.0. The van der Waals surface area contributed by atoms with Crippen LogP contribution in [0.25, 0.3) is 0 Å². The molecule has 0 aromatic heterocycles. The molecule has 0 saturated carbocycles. The molecule has 20 heavy (non-hydrogen) atoms. The lowest BCUT2D eigenvalue weighted by Crippen LogP contribution is -2.38. The summed E-state index contributed by atoms with van der Waals surface area (Å²) in [5.41, 5.74) is 3.35. The summed E-state index contributed by atoms with van der Waals surface area (Å²) in [7, 11) is 0. The van der Waals surface area contributed by atoms with E-state index in [4.69, 9.17) is 5.26 Å². The Balaban J connectivity index is 2.62. The van der Waals surface area contributed by atoms with Crippen LogP contribution < -0.4 is 5.32 Å². The van der Waals surface area contributed by atoms with Gasteiger partial charge in [0.25, 0.3) is 0 Å². The molecule has 108 valence electrons. The summed E-state index contributed by atoms with van der Waals surface area (Å²) in [6.45, 7) is 9.22. The molecule has 0 radical (unpaired) electrons. The second-order valence-electron chi connectivity index (χ2n) is 5.06. The maximum atomic E-state index is 12.1. The van der Waals surface area contributed by atoms with E-state index in [0.717, 1.165) is 11.3 Å². The number of amides is 1. The van der Waals surface area contributed by atoms with Crippen LogP contribution in [-0.4, -0.2) is 30.4 Å². The van der Waals surface area contributed by atoms with Crippen molar-refractivity contribution in [1.82, 2.24) is 4.90 Å². The molecule has 0 aliphatic rings. The third-order valence-corrected chi connectivity index (χ3v) is 3.48. The van der Waals surface area contributed by atoms with Gasteiger partial charge in [0.05, 0.1) is 18.5 Å². The highest BCUT2D eigenvalue weighted by molar-refractivity contribution is 5.81. The van der Waals surface area contributed by atoms with Crippen molar-refractivity contribution in [2.45, 2.75) is 27.7 Å². The third-order valence-electron chi connectivity index (χ3n) is 3.48. The van der Waals surface area contributed by atoms with Crippen LogP contribution in [0.2, 0.25) is 0 Å². The molecule has 1 N–H and O–H groups in total. The zero-order chi connectivity index (χ0) is 15.1. The molecule has 0 spiro atoms. The standard InChI is InChI=1S/C16H23N3O/c1-5-19(11-12(2)9-17)16(20)10-18-15-8-6-7-13(3)14(15)4/h6-8,12,18H,5,10-11H2,1-4H3. The Hall–Kier alpha value is -2.02. The zero-order valence-electron chi connectivity index (χ0n) is 12.7. The van der Waals surface area contributed by atoms with Crippen LogP contribution in [0.3, 0.4) is 0 Å². The molecule has 1 rings (SSSR count). The summed E-state index contributed by atoms with van der Waals surface area (Å²) in [5, 5.41) is 12.0. The van der Waals surface area contributed by atoms with E-state index in [-0.39, 0.29) is 18.4 Å². The minimum absolute atomic E-state index is 0.0236. The van der Waals surface area contributed by atoms with E-state index in [1.54, 1.807) is 4.90 Å². The number of anilines is 1. The largest absolute Gasteiger partial charge is 0.376 e. The molecule has 4 heteroatoms. The van der Waals surface area contributed by atoms with E-state index in [0.29, 0.717) is 13.1 Å². The normalized spacial score (nSPS) is 11.6. The van der Waals surface area contributed by atoms with Gasteiger partial charge in [0.2, 0.25) is 5.91 Å². The van der Waals surface area contributed by atoms with Gasteiger partial charge in [-0.15, -0.1) is 0 Å². The Morgan fingerprint density at radius 2 is 2.15 bits per heavy atom. The Morgan fingerprint density at radius 3 is 2.75 bits per heavy atom. The second kappa shape index (κ2) is 7.54. The van der Waals surface area contributed by atoms with Gasteiger partial charge in [0.15, 0.2) is 0 Å². The smallest absolute Gasteiger partial charge is 0.241 e. The first-order valence-electron chi connectivity index (χ1n) is 6.97. The van der Waals surface area contributed by atoms with Gasteiger partial charge in [0.1, 0.15) is 0 Å². The van der Waals surface area contributed by atoms with Crippen molar-refractivity contribution >= 4 is 11.6 Å². The number of rotatable bonds is 6. The molecule has 0 saturated heterocycles. The molecule has 0 aliphatic carbocycles. The molecule has 1 aromatic carbocycles. The first-order valence-corrected chi connectivity index (χ1v) is 6.97. The topological polar surface area (TPSA) is 56.1 Å². The molecular weight excluding hydrogens is 250 g/mol. The second-order valence-corrected chi connectivity index (χ2v) is 5.06. The number of benzene rings is 1. The van der Waals surface area contributed by atoms with E-state index >= 15 is 0 Å². The summed E-state index contributed by atoms with van der Waals surface area (Å²) in [6, 6.07) is 8.16. The third kappa shape index (κ3) is 4.27. The minimum Gasteiger partial charge on any atom is -0.376 e. The number of nitrogens with zero attached hydrogens (tertiary/aromatic N) is 2. The average molecular weight is 273 g/mol. The van der Waals surface area contributed by atoms with Gasteiger partial charge >= 0.3 is 0 Å². The van der Waals surface area contributed by atoms with Gasteiger partial charge in [0, 0.05) is 18.8 Å². The van der Waals surface area contributed by atoms with Crippen LogP contribution in [0.15, 0.2) is 18.2 Å². The first-order chi connectivity index (χ1) is 9.49. The summed E-state index contributed by atoms with van der Waals surface area (Å²) in [5.74, 6) is -0.116.